The van der Waals surface area contributed by atoms with Gasteiger partial charge in [-0.05, 0) is 36.2 Å². The number of hydrogen-bond donors (Lipinski definition) is 1. The third kappa shape index (κ3) is 4.34. The highest BCUT2D eigenvalue weighted by molar-refractivity contribution is 7.16. The van der Waals surface area contributed by atoms with E-state index in [4.69, 9.17) is 11.6 Å². The molecule has 106 valence electrons. The average molecular weight is 310 g/mol. The summed E-state index contributed by atoms with van der Waals surface area (Å²) < 4.78 is 5.49. The Balaban J connectivity index is 1.75. The number of esters is 1. The van der Waals surface area contributed by atoms with Gasteiger partial charge in [-0.15, -0.1) is 11.3 Å². The van der Waals surface area contributed by atoms with Crippen LogP contribution in [0.4, 0.5) is 0 Å². The number of nitrogens with one attached hydrogen (secondary N) is 1. The summed E-state index contributed by atoms with van der Waals surface area (Å²) in [7, 11) is 1.38. The van der Waals surface area contributed by atoms with Gasteiger partial charge in [-0.25, -0.2) is 4.79 Å². The molecule has 0 saturated heterocycles. The van der Waals surface area contributed by atoms with Crippen LogP contribution in [0.1, 0.15) is 20.8 Å². The standard InChI is InChI=1S/C15H16ClNO2S/c1-19-15(18)12-4-2-11(3-5-12)10-17-9-8-13-6-7-14(16)20-13/h2-7,17H,8-10H2,1H3. The summed E-state index contributed by atoms with van der Waals surface area (Å²) in [6.07, 6.45) is 0.970. The number of methoxy groups -OCH3 is 1. The highest BCUT2D eigenvalue weighted by atomic mass is 35.5. The fraction of sp³-hybridized carbons (Fsp3) is 0.267. The second kappa shape index (κ2) is 7.43. The summed E-state index contributed by atoms with van der Waals surface area (Å²) in [5, 5.41) is 3.37. The lowest BCUT2D eigenvalue weighted by atomic mass is 10.1. The summed E-state index contributed by atoms with van der Waals surface area (Å²) in [4.78, 5) is 12.6. The Bertz CT molecular complexity index is 566. The van der Waals surface area contributed by atoms with E-state index >= 15 is 0 Å². The topological polar surface area (TPSA) is 38.3 Å². The maximum atomic E-state index is 11.3. The summed E-state index contributed by atoms with van der Waals surface area (Å²) >= 11 is 7.50. The molecule has 0 bridgehead atoms. The molecule has 2 rings (SSSR count). The van der Waals surface area contributed by atoms with Crippen molar-refractivity contribution >= 4 is 28.9 Å². The fourth-order valence-electron chi connectivity index (χ4n) is 1.81. The molecule has 1 aromatic heterocycles. The van der Waals surface area contributed by atoms with Gasteiger partial charge in [0.1, 0.15) is 0 Å². The molecule has 20 heavy (non-hydrogen) atoms. The van der Waals surface area contributed by atoms with Crippen LogP contribution in [-0.2, 0) is 17.7 Å². The molecule has 1 N–H and O–H groups in total. The van der Waals surface area contributed by atoms with E-state index in [1.165, 1.54) is 12.0 Å². The molecule has 0 fully saturated rings. The monoisotopic (exact) mass is 309 g/mol. The van der Waals surface area contributed by atoms with E-state index < -0.39 is 0 Å². The molecule has 0 spiro atoms. The maximum absolute atomic E-state index is 11.3. The zero-order valence-corrected chi connectivity index (χ0v) is 12.8. The summed E-state index contributed by atoms with van der Waals surface area (Å²) in [5.74, 6) is -0.306. The van der Waals surface area contributed by atoms with Crippen LogP contribution in [0.2, 0.25) is 4.34 Å². The minimum atomic E-state index is -0.306. The van der Waals surface area contributed by atoms with Gasteiger partial charge in [0.05, 0.1) is 17.0 Å². The lowest BCUT2D eigenvalue weighted by molar-refractivity contribution is 0.0600. The van der Waals surface area contributed by atoms with Gasteiger partial charge in [0.2, 0.25) is 0 Å². The Morgan fingerprint density at radius 2 is 2.00 bits per heavy atom. The van der Waals surface area contributed by atoms with Gasteiger partial charge < -0.3 is 10.1 Å². The van der Waals surface area contributed by atoms with E-state index in [1.807, 2.05) is 18.2 Å². The number of halogens is 1. The normalized spacial score (nSPS) is 10.5. The number of ether oxygens (including phenoxy) is 1. The maximum Gasteiger partial charge on any atom is 0.337 e. The minimum absolute atomic E-state index is 0.306. The van der Waals surface area contributed by atoms with Gasteiger partial charge in [-0.3, -0.25) is 0 Å². The zero-order chi connectivity index (χ0) is 14.4. The van der Waals surface area contributed by atoms with Crippen LogP contribution in [0.5, 0.6) is 0 Å². The third-order valence-corrected chi connectivity index (χ3v) is 4.17. The Morgan fingerprint density at radius 1 is 1.25 bits per heavy atom. The fourth-order valence-corrected chi connectivity index (χ4v) is 2.89. The average Bonchev–Trinajstić information content (AvgIpc) is 2.89. The summed E-state index contributed by atoms with van der Waals surface area (Å²) in [5.41, 5.74) is 1.71. The number of thiophene rings is 1. The highest BCUT2D eigenvalue weighted by Gasteiger charge is 2.04. The second-order valence-corrected chi connectivity index (χ2v) is 6.12. The molecule has 0 amide bonds. The van der Waals surface area contributed by atoms with E-state index in [9.17, 15) is 4.79 Å². The highest BCUT2D eigenvalue weighted by Crippen LogP contribution is 2.21. The predicted octanol–water partition coefficient (Wildman–Crippen LogP) is 3.52. The van der Waals surface area contributed by atoms with Crippen LogP contribution < -0.4 is 5.32 Å². The van der Waals surface area contributed by atoms with E-state index in [-0.39, 0.29) is 5.97 Å². The number of rotatable bonds is 6. The van der Waals surface area contributed by atoms with Crippen LogP contribution in [0.3, 0.4) is 0 Å². The van der Waals surface area contributed by atoms with Crippen molar-refractivity contribution in [3.05, 3.63) is 56.7 Å². The Morgan fingerprint density at radius 3 is 2.60 bits per heavy atom. The molecule has 0 aliphatic carbocycles. The number of benzene rings is 1. The van der Waals surface area contributed by atoms with Crippen LogP contribution in [0.15, 0.2) is 36.4 Å². The van der Waals surface area contributed by atoms with Crippen molar-refractivity contribution < 1.29 is 9.53 Å². The molecular weight excluding hydrogens is 294 g/mol. The van der Waals surface area contributed by atoms with Crippen molar-refractivity contribution in [2.75, 3.05) is 13.7 Å². The molecule has 1 aromatic carbocycles. The Labute approximate surface area is 127 Å². The molecule has 0 aliphatic heterocycles. The van der Waals surface area contributed by atoms with Gasteiger partial charge in [0, 0.05) is 18.0 Å². The molecule has 0 radical (unpaired) electrons. The van der Waals surface area contributed by atoms with E-state index in [0.717, 1.165) is 29.4 Å². The molecule has 0 atom stereocenters. The minimum Gasteiger partial charge on any atom is -0.465 e. The van der Waals surface area contributed by atoms with Crippen LogP contribution in [0, 0.1) is 0 Å². The van der Waals surface area contributed by atoms with E-state index in [1.54, 1.807) is 23.5 Å². The molecular formula is C15H16ClNO2S. The van der Waals surface area contributed by atoms with E-state index in [0.29, 0.717) is 5.56 Å². The number of hydrogen-bond acceptors (Lipinski definition) is 4. The first kappa shape index (κ1) is 15.0. The van der Waals surface area contributed by atoms with Gasteiger partial charge in [-0.1, -0.05) is 23.7 Å². The van der Waals surface area contributed by atoms with Crippen LogP contribution in [0.25, 0.3) is 0 Å². The first-order chi connectivity index (χ1) is 9.69. The van der Waals surface area contributed by atoms with Crippen molar-refractivity contribution in [3.63, 3.8) is 0 Å². The first-order valence-corrected chi connectivity index (χ1v) is 7.50. The molecule has 0 aliphatic rings. The second-order valence-electron chi connectivity index (χ2n) is 4.32. The summed E-state index contributed by atoms with van der Waals surface area (Å²) in [6, 6.07) is 11.4. The molecule has 5 heteroatoms. The number of carbonyl (C=O) groups is 1. The first-order valence-electron chi connectivity index (χ1n) is 6.31. The summed E-state index contributed by atoms with van der Waals surface area (Å²) in [6.45, 7) is 1.68. The van der Waals surface area contributed by atoms with Gasteiger partial charge in [0.15, 0.2) is 0 Å². The molecule has 2 aromatic rings. The van der Waals surface area contributed by atoms with Crippen LogP contribution in [-0.4, -0.2) is 19.6 Å². The quantitative estimate of drug-likeness (QED) is 0.655. The van der Waals surface area contributed by atoms with Gasteiger partial charge in [-0.2, -0.15) is 0 Å². The zero-order valence-electron chi connectivity index (χ0n) is 11.2. The van der Waals surface area contributed by atoms with Crippen molar-refractivity contribution in [2.24, 2.45) is 0 Å². The third-order valence-electron chi connectivity index (χ3n) is 2.88. The lowest BCUT2D eigenvalue weighted by Crippen LogP contribution is -2.16. The van der Waals surface area contributed by atoms with E-state index in [2.05, 4.69) is 16.1 Å². The molecule has 0 saturated carbocycles. The Kier molecular flexibility index (Phi) is 5.59. The Hall–Kier alpha value is -1.36. The lowest BCUT2D eigenvalue weighted by Gasteiger charge is -2.05. The SMILES string of the molecule is COC(=O)c1ccc(CNCCc2ccc(Cl)s2)cc1. The smallest absolute Gasteiger partial charge is 0.337 e. The number of carbonyl (C=O) groups excluding carboxylic acids is 1. The van der Waals surface area contributed by atoms with Gasteiger partial charge in [0.25, 0.3) is 0 Å². The van der Waals surface area contributed by atoms with Gasteiger partial charge >= 0.3 is 5.97 Å². The van der Waals surface area contributed by atoms with Crippen molar-refractivity contribution in [3.8, 4) is 0 Å². The van der Waals surface area contributed by atoms with Crippen LogP contribution >= 0.6 is 22.9 Å². The molecule has 3 nitrogen and oxygen atoms in total. The van der Waals surface area contributed by atoms with Crippen molar-refractivity contribution in [2.45, 2.75) is 13.0 Å². The molecule has 1 heterocycles. The molecule has 0 unspecified atom stereocenters. The van der Waals surface area contributed by atoms with Crippen molar-refractivity contribution in [1.82, 2.24) is 5.32 Å². The van der Waals surface area contributed by atoms with Crippen molar-refractivity contribution in [1.29, 1.82) is 0 Å². The predicted molar refractivity (Wildman–Crippen MR) is 82.5 cm³/mol. The largest absolute Gasteiger partial charge is 0.465 e.